The number of hydrogen-bond donors (Lipinski definition) is 1. The molecule has 1 heterocycles. The number of halogens is 2. The Balaban J connectivity index is 1.79. The van der Waals surface area contributed by atoms with Gasteiger partial charge in [0.25, 0.3) is 6.08 Å². The molecule has 1 unspecified atom stereocenters. The summed E-state index contributed by atoms with van der Waals surface area (Å²) in [7, 11) is -0.132. The molecule has 1 atom stereocenters. The second-order valence-electron chi connectivity index (χ2n) is 3.82. The lowest BCUT2D eigenvalue weighted by molar-refractivity contribution is 0.418. The van der Waals surface area contributed by atoms with Crippen LogP contribution in [0.3, 0.4) is 0 Å². The van der Waals surface area contributed by atoms with Crippen molar-refractivity contribution < 1.29 is 8.78 Å². The molecule has 2 nitrogen and oxygen atoms in total. The van der Waals surface area contributed by atoms with Crippen molar-refractivity contribution in [2.24, 2.45) is 0 Å². The molecule has 0 saturated heterocycles. The summed E-state index contributed by atoms with van der Waals surface area (Å²) in [6.07, 6.45) is 4.63. The Bertz CT molecular complexity index is 400. The van der Waals surface area contributed by atoms with Gasteiger partial charge in [0.05, 0.1) is 0 Å². The largest absolute Gasteiger partial charge is 0.266 e. The lowest BCUT2D eigenvalue weighted by atomic mass is 10.5. The van der Waals surface area contributed by atoms with Gasteiger partial charge in [0, 0.05) is 5.75 Å². The second kappa shape index (κ2) is 6.15. The molecule has 0 spiro atoms. The first-order valence-electron chi connectivity index (χ1n) is 5.37. The summed E-state index contributed by atoms with van der Waals surface area (Å²) in [5.41, 5.74) is 0. The van der Waals surface area contributed by atoms with Gasteiger partial charge < -0.3 is 0 Å². The van der Waals surface area contributed by atoms with Gasteiger partial charge in [-0.15, -0.1) is 10.2 Å². The summed E-state index contributed by atoms with van der Waals surface area (Å²) in [4.78, 5) is 0. The highest BCUT2D eigenvalue weighted by Gasteiger charge is 2.28. The molecule has 1 aliphatic rings. The molecule has 0 N–H and O–H groups in total. The number of aromatic nitrogens is 2. The molecule has 2 rings (SSSR count). The highest BCUT2D eigenvalue weighted by atomic mass is 32.2. The van der Waals surface area contributed by atoms with E-state index in [0.29, 0.717) is 12.2 Å². The molecule has 96 valence electrons. The summed E-state index contributed by atoms with van der Waals surface area (Å²) in [6, 6.07) is 0. The molecule has 1 aliphatic carbocycles. The Morgan fingerprint density at radius 1 is 1.53 bits per heavy atom. The molecule has 7 heteroatoms. The van der Waals surface area contributed by atoms with Gasteiger partial charge in [0.1, 0.15) is 0 Å². The molecule has 0 amide bonds. The van der Waals surface area contributed by atoms with Crippen LogP contribution in [0.4, 0.5) is 8.78 Å². The normalized spacial score (nSPS) is 17.9. The fourth-order valence-electron chi connectivity index (χ4n) is 1.34. The van der Waals surface area contributed by atoms with Crippen molar-refractivity contribution in [1.29, 1.82) is 0 Å². The van der Waals surface area contributed by atoms with E-state index in [4.69, 9.17) is 0 Å². The van der Waals surface area contributed by atoms with E-state index in [1.54, 1.807) is 11.3 Å². The first-order chi connectivity index (χ1) is 8.16. The van der Waals surface area contributed by atoms with Gasteiger partial charge >= 0.3 is 0 Å². The molecule has 1 aromatic rings. The summed E-state index contributed by atoms with van der Waals surface area (Å²) in [5, 5.41) is 9.15. The lowest BCUT2D eigenvalue weighted by Gasteiger charge is -2.08. The smallest absolute Gasteiger partial charge is 0.199 e. The summed E-state index contributed by atoms with van der Waals surface area (Å²) in [6.45, 7) is 0. The number of thioether (sulfide) groups is 1. The standard InChI is InChI=1S/C10H14F2N2S3/c1-17(7-4-5-7)10-14-13-9(16-10)15-6-2-3-8(11)12/h3,7,17H,2,4-6H2,1H3. The van der Waals surface area contributed by atoms with Crippen molar-refractivity contribution >= 4 is 34.0 Å². The van der Waals surface area contributed by atoms with Crippen molar-refractivity contribution in [2.75, 3.05) is 12.0 Å². The maximum atomic E-state index is 11.8. The number of nitrogens with zero attached hydrogens (tertiary/aromatic N) is 2. The van der Waals surface area contributed by atoms with Crippen molar-refractivity contribution in [2.45, 2.75) is 33.2 Å². The van der Waals surface area contributed by atoms with E-state index in [9.17, 15) is 8.78 Å². The molecule has 0 radical (unpaired) electrons. The fourth-order valence-corrected chi connectivity index (χ4v) is 5.78. The van der Waals surface area contributed by atoms with Crippen LogP contribution in [0.15, 0.2) is 20.8 Å². The van der Waals surface area contributed by atoms with Gasteiger partial charge in [0.15, 0.2) is 8.68 Å². The quantitative estimate of drug-likeness (QED) is 0.489. The molecule has 0 aromatic carbocycles. The Kier molecular flexibility index (Phi) is 4.81. The monoisotopic (exact) mass is 296 g/mol. The average Bonchev–Trinajstić information content (AvgIpc) is 3.03. The summed E-state index contributed by atoms with van der Waals surface area (Å²) < 4.78 is 25.6. The fraction of sp³-hybridized carbons (Fsp3) is 0.600. The maximum absolute atomic E-state index is 11.8. The Morgan fingerprint density at radius 2 is 2.29 bits per heavy atom. The number of rotatable bonds is 6. The van der Waals surface area contributed by atoms with Gasteiger partial charge in [-0.05, 0) is 36.8 Å². The SMILES string of the molecule is C[SH](c1nnc(SCCC=C(F)F)s1)C1CC1. The van der Waals surface area contributed by atoms with Gasteiger partial charge in [-0.2, -0.15) is 19.7 Å². The van der Waals surface area contributed by atoms with Crippen LogP contribution in [-0.4, -0.2) is 27.5 Å². The predicted molar refractivity (Wildman–Crippen MR) is 71.7 cm³/mol. The van der Waals surface area contributed by atoms with Crippen LogP contribution in [0.25, 0.3) is 0 Å². The first-order valence-corrected chi connectivity index (χ1v) is 9.03. The van der Waals surface area contributed by atoms with Gasteiger partial charge in [0.2, 0.25) is 0 Å². The molecule has 1 fully saturated rings. The molecular weight excluding hydrogens is 282 g/mol. The predicted octanol–water partition coefficient (Wildman–Crippen LogP) is 3.95. The highest BCUT2D eigenvalue weighted by Crippen LogP contribution is 2.50. The average molecular weight is 296 g/mol. The van der Waals surface area contributed by atoms with E-state index >= 15 is 0 Å². The molecule has 1 aromatic heterocycles. The van der Waals surface area contributed by atoms with Crippen LogP contribution in [0.2, 0.25) is 0 Å². The minimum absolute atomic E-state index is 0.132. The van der Waals surface area contributed by atoms with E-state index in [2.05, 4.69) is 16.5 Å². The third kappa shape index (κ3) is 4.22. The van der Waals surface area contributed by atoms with Crippen molar-refractivity contribution in [3.05, 3.63) is 12.2 Å². The minimum Gasteiger partial charge on any atom is -0.199 e. The Labute approximate surface area is 110 Å². The van der Waals surface area contributed by atoms with E-state index in [0.717, 1.165) is 20.0 Å². The van der Waals surface area contributed by atoms with E-state index < -0.39 is 6.08 Å². The molecule has 0 aliphatic heterocycles. The Hall–Kier alpha value is -0.140. The summed E-state index contributed by atoms with van der Waals surface area (Å²) in [5.74, 6) is 0.636. The van der Waals surface area contributed by atoms with Gasteiger partial charge in [-0.3, -0.25) is 0 Å². The third-order valence-electron chi connectivity index (χ3n) is 2.43. The van der Waals surface area contributed by atoms with Crippen LogP contribution < -0.4 is 0 Å². The number of thiol groups is 1. The lowest BCUT2D eigenvalue weighted by Crippen LogP contribution is -1.85. The zero-order valence-corrected chi connectivity index (χ0v) is 11.9. The van der Waals surface area contributed by atoms with Crippen LogP contribution in [0.1, 0.15) is 19.3 Å². The van der Waals surface area contributed by atoms with Crippen molar-refractivity contribution in [1.82, 2.24) is 10.2 Å². The van der Waals surface area contributed by atoms with Crippen molar-refractivity contribution in [3.63, 3.8) is 0 Å². The zero-order chi connectivity index (χ0) is 12.3. The topological polar surface area (TPSA) is 25.8 Å². The van der Waals surface area contributed by atoms with Crippen LogP contribution >= 0.6 is 34.0 Å². The minimum atomic E-state index is -1.60. The number of allylic oxidation sites excluding steroid dienone is 1. The molecule has 1 saturated carbocycles. The molecule has 0 bridgehead atoms. The molecular formula is C10H14F2N2S3. The highest BCUT2D eigenvalue weighted by molar-refractivity contribution is 8.18. The van der Waals surface area contributed by atoms with Gasteiger partial charge in [-0.25, -0.2) is 0 Å². The third-order valence-corrected chi connectivity index (χ3v) is 7.77. The van der Waals surface area contributed by atoms with Crippen LogP contribution in [-0.2, 0) is 0 Å². The molecule has 17 heavy (non-hydrogen) atoms. The van der Waals surface area contributed by atoms with Gasteiger partial charge in [-0.1, -0.05) is 23.1 Å². The van der Waals surface area contributed by atoms with E-state index in [1.165, 1.54) is 24.6 Å². The number of hydrogen-bond acceptors (Lipinski definition) is 4. The second-order valence-corrected chi connectivity index (χ2v) is 8.82. The Morgan fingerprint density at radius 3 is 2.94 bits per heavy atom. The van der Waals surface area contributed by atoms with Crippen LogP contribution in [0.5, 0.6) is 0 Å². The zero-order valence-electron chi connectivity index (χ0n) is 9.40. The van der Waals surface area contributed by atoms with E-state index in [-0.39, 0.29) is 10.9 Å². The summed E-state index contributed by atoms with van der Waals surface area (Å²) >= 11 is 3.14. The van der Waals surface area contributed by atoms with Crippen molar-refractivity contribution in [3.8, 4) is 0 Å². The van der Waals surface area contributed by atoms with E-state index in [1.807, 2.05) is 0 Å². The van der Waals surface area contributed by atoms with Crippen LogP contribution in [0, 0.1) is 0 Å². The maximum Gasteiger partial charge on any atom is 0.266 e. The first kappa shape index (κ1) is 13.3.